The first-order chi connectivity index (χ1) is 10.1. The summed E-state index contributed by atoms with van der Waals surface area (Å²) in [5.41, 5.74) is 1.08. The third-order valence-corrected chi connectivity index (χ3v) is 4.57. The van der Waals surface area contributed by atoms with Gasteiger partial charge in [0.15, 0.2) is 0 Å². The number of nitrogens with zero attached hydrogens (tertiary/aromatic N) is 1. The van der Waals surface area contributed by atoms with E-state index in [9.17, 15) is 9.59 Å². The van der Waals surface area contributed by atoms with E-state index in [4.69, 9.17) is 0 Å². The number of carbonyl (C=O) groups excluding carboxylic acids is 2. The molecule has 1 aliphatic heterocycles. The van der Waals surface area contributed by atoms with Gasteiger partial charge in [0.05, 0.1) is 0 Å². The van der Waals surface area contributed by atoms with Crippen molar-refractivity contribution in [3.8, 4) is 0 Å². The van der Waals surface area contributed by atoms with Crippen molar-refractivity contribution in [2.24, 2.45) is 5.92 Å². The first-order valence-electron chi connectivity index (χ1n) is 7.79. The van der Waals surface area contributed by atoms with E-state index in [1.165, 1.54) is 12.8 Å². The monoisotopic (exact) mass is 286 g/mol. The van der Waals surface area contributed by atoms with Crippen molar-refractivity contribution in [1.82, 2.24) is 10.2 Å². The minimum absolute atomic E-state index is 0.0187. The van der Waals surface area contributed by atoms with Gasteiger partial charge in [0, 0.05) is 25.4 Å². The maximum absolute atomic E-state index is 12.8. The smallest absolute Gasteiger partial charge is 0.245 e. The third-order valence-electron chi connectivity index (χ3n) is 4.57. The van der Waals surface area contributed by atoms with Crippen molar-refractivity contribution >= 4 is 11.8 Å². The van der Waals surface area contributed by atoms with Gasteiger partial charge in [0.2, 0.25) is 11.8 Å². The Bertz CT molecular complexity index is 525. The molecule has 1 aromatic rings. The number of hydrogen-bond acceptors (Lipinski definition) is 2. The zero-order valence-electron chi connectivity index (χ0n) is 12.4. The molecule has 1 N–H and O–H groups in total. The SMILES string of the molecule is CC(C1CC1)N1CCC(=O)NC(Cc2ccccc2)C1=O. The van der Waals surface area contributed by atoms with Crippen LogP contribution in [0.1, 0.15) is 31.7 Å². The van der Waals surface area contributed by atoms with Crippen LogP contribution in [0.3, 0.4) is 0 Å². The Morgan fingerprint density at radius 3 is 2.62 bits per heavy atom. The van der Waals surface area contributed by atoms with Gasteiger partial charge in [-0.3, -0.25) is 9.59 Å². The molecular weight excluding hydrogens is 264 g/mol. The fourth-order valence-electron chi connectivity index (χ4n) is 3.09. The highest BCUT2D eigenvalue weighted by Crippen LogP contribution is 2.35. The lowest BCUT2D eigenvalue weighted by molar-refractivity contribution is -0.135. The van der Waals surface area contributed by atoms with Gasteiger partial charge in [-0.2, -0.15) is 0 Å². The van der Waals surface area contributed by atoms with Crippen molar-refractivity contribution in [3.63, 3.8) is 0 Å². The standard InChI is InChI=1S/C17H22N2O2/c1-12(14-7-8-14)19-10-9-16(20)18-15(17(19)21)11-13-5-3-2-4-6-13/h2-6,12,14-15H,7-11H2,1H3,(H,18,20). The predicted octanol–water partition coefficient (Wildman–Crippen LogP) is 1.74. The maximum Gasteiger partial charge on any atom is 0.245 e. The topological polar surface area (TPSA) is 49.4 Å². The molecule has 112 valence electrons. The molecule has 2 unspecified atom stereocenters. The second kappa shape index (κ2) is 5.88. The number of rotatable bonds is 4. The quantitative estimate of drug-likeness (QED) is 0.916. The van der Waals surface area contributed by atoms with Crippen LogP contribution in [0.5, 0.6) is 0 Å². The summed E-state index contributed by atoms with van der Waals surface area (Å²) in [7, 11) is 0. The number of amides is 2. The molecule has 2 fully saturated rings. The summed E-state index contributed by atoms with van der Waals surface area (Å²) in [6.07, 6.45) is 3.39. The molecule has 1 heterocycles. The van der Waals surface area contributed by atoms with Gasteiger partial charge in [-0.25, -0.2) is 0 Å². The van der Waals surface area contributed by atoms with Crippen LogP contribution in [-0.2, 0) is 16.0 Å². The second-order valence-corrected chi connectivity index (χ2v) is 6.17. The van der Waals surface area contributed by atoms with E-state index in [1.54, 1.807) is 0 Å². The van der Waals surface area contributed by atoms with E-state index in [1.807, 2.05) is 35.2 Å². The summed E-state index contributed by atoms with van der Waals surface area (Å²) in [5.74, 6) is 0.679. The second-order valence-electron chi connectivity index (χ2n) is 6.17. The third kappa shape index (κ3) is 3.26. The highest BCUT2D eigenvalue weighted by Gasteiger charge is 2.38. The Kier molecular flexibility index (Phi) is 3.95. The number of nitrogens with one attached hydrogen (secondary N) is 1. The molecule has 3 rings (SSSR count). The Morgan fingerprint density at radius 2 is 1.95 bits per heavy atom. The number of carbonyl (C=O) groups is 2. The average Bonchev–Trinajstić information content (AvgIpc) is 3.31. The molecule has 2 aliphatic rings. The minimum Gasteiger partial charge on any atom is -0.344 e. The highest BCUT2D eigenvalue weighted by molar-refractivity contribution is 5.90. The van der Waals surface area contributed by atoms with Gasteiger partial charge in [0.1, 0.15) is 6.04 Å². The molecule has 1 saturated carbocycles. The fraction of sp³-hybridized carbons (Fsp3) is 0.529. The molecule has 2 amide bonds. The molecule has 2 atom stereocenters. The van der Waals surface area contributed by atoms with Crippen LogP contribution in [0.25, 0.3) is 0 Å². The molecule has 21 heavy (non-hydrogen) atoms. The highest BCUT2D eigenvalue weighted by atomic mass is 16.2. The van der Waals surface area contributed by atoms with Gasteiger partial charge in [-0.05, 0) is 31.2 Å². The van der Waals surface area contributed by atoms with Crippen LogP contribution in [0.2, 0.25) is 0 Å². The average molecular weight is 286 g/mol. The molecule has 0 radical (unpaired) electrons. The molecule has 4 nitrogen and oxygen atoms in total. The lowest BCUT2D eigenvalue weighted by atomic mass is 10.0. The number of benzene rings is 1. The van der Waals surface area contributed by atoms with Crippen molar-refractivity contribution < 1.29 is 9.59 Å². The van der Waals surface area contributed by atoms with Crippen molar-refractivity contribution in [3.05, 3.63) is 35.9 Å². The lowest BCUT2D eigenvalue weighted by Crippen LogP contribution is -2.49. The summed E-state index contributed by atoms with van der Waals surface area (Å²) in [6, 6.07) is 9.70. The van der Waals surface area contributed by atoms with Crippen molar-refractivity contribution in [1.29, 1.82) is 0 Å². The molecule has 0 aromatic heterocycles. The van der Waals surface area contributed by atoms with E-state index in [0.717, 1.165) is 5.56 Å². The molecular formula is C17H22N2O2. The van der Waals surface area contributed by atoms with E-state index in [2.05, 4.69) is 12.2 Å². The van der Waals surface area contributed by atoms with Gasteiger partial charge in [-0.15, -0.1) is 0 Å². The first-order valence-corrected chi connectivity index (χ1v) is 7.79. The summed E-state index contributed by atoms with van der Waals surface area (Å²) >= 11 is 0. The summed E-state index contributed by atoms with van der Waals surface area (Å²) in [6.45, 7) is 2.67. The minimum atomic E-state index is -0.427. The molecule has 1 aliphatic carbocycles. The zero-order chi connectivity index (χ0) is 14.8. The molecule has 0 bridgehead atoms. The van der Waals surface area contributed by atoms with Crippen LogP contribution in [0.4, 0.5) is 0 Å². The van der Waals surface area contributed by atoms with Gasteiger partial charge in [-0.1, -0.05) is 30.3 Å². The van der Waals surface area contributed by atoms with E-state index in [0.29, 0.717) is 25.3 Å². The Morgan fingerprint density at radius 1 is 1.24 bits per heavy atom. The van der Waals surface area contributed by atoms with Crippen molar-refractivity contribution in [2.75, 3.05) is 6.54 Å². The summed E-state index contributed by atoms with van der Waals surface area (Å²) in [4.78, 5) is 26.6. The first kappa shape index (κ1) is 14.1. The van der Waals surface area contributed by atoms with Crippen LogP contribution < -0.4 is 5.32 Å². The van der Waals surface area contributed by atoms with Gasteiger partial charge in [0.25, 0.3) is 0 Å². The number of hydrogen-bond donors (Lipinski definition) is 1. The Labute approximate surface area is 125 Å². The van der Waals surface area contributed by atoms with Gasteiger partial charge >= 0.3 is 0 Å². The van der Waals surface area contributed by atoms with Crippen LogP contribution in [0, 0.1) is 5.92 Å². The van der Waals surface area contributed by atoms with Crippen LogP contribution >= 0.6 is 0 Å². The molecule has 1 aromatic carbocycles. The predicted molar refractivity (Wildman–Crippen MR) is 80.6 cm³/mol. The zero-order valence-corrected chi connectivity index (χ0v) is 12.4. The molecule has 4 heteroatoms. The van der Waals surface area contributed by atoms with Gasteiger partial charge < -0.3 is 10.2 Å². The van der Waals surface area contributed by atoms with E-state index >= 15 is 0 Å². The van der Waals surface area contributed by atoms with E-state index < -0.39 is 6.04 Å². The van der Waals surface area contributed by atoms with Crippen LogP contribution in [-0.4, -0.2) is 35.3 Å². The normalized spacial score (nSPS) is 24.4. The maximum atomic E-state index is 12.8. The Hall–Kier alpha value is -1.84. The Balaban J connectivity index is 1.76. The summed E-state index contributed by atoms with van der Waals surface area (Å²) in [5, 5.41) is 2.89. The molecule has 0 spiro atoms. The largest absolute Gasteiger partial charge is 0.344 e. The van der Waals surface area contributed by atoms with Crippen molar-refractivity contribution in [2.45, 2.75) is 44.7 Å². The summed E-state index contributed by atoms with van der Waals surface area (Å²) < 4.78 is 0. The van der Waals surface area contributed by atoms with Crippen LogP contribution in [0.15, 0.2) is 30.3 Å². The fourth-order valence-corrected chi connectivity index (χ4v) is 3.09. The van der Waals surface area contributed by atoms with E-state index in [-0.39, 0.29) is 17.9 Å². The molecule has 1 saturated heterocycles. The lowest BCUT2D eigenvalue weighted by Gasteiger charge is -2.30.